The third kappa shape index (κ3) is 3.69. The minimum Gasteiger partial charge on any atom is -0.462 e. The lowest BCUT2D eigenvalue weighted by Crippen LogP contribution is -2.10. The van der Waals surface area contributed by atoms with Gasteiger partial charge >= 0.3 is 11.9 Å². The van der Waals surface area contributed by atoms with Crippen LogP contribution in [0.5, 0.6) is 0 Å². The van der Waals surface area contributed by atoms with Gasteiger partial charge in [0.05, 0.1) is 18.4 Å². The molecule has 0 unspecified atom stereocenters. The van der Waals surface area contributed by atoms with Gasteiger partial charge in [0.1, 0.15) is 21.2 Å². The second-order valence-electron chi connectivity index (χ2n) is 6.44. The van der Waals surface area contributed by atoms with Crippen molar-refractivity contribution in [3.63, 3.8) is 0 Å². The first-order valence-corrected chi connectivity index (χ1v) is 10.0. The van der Waals surface area contributed by atoms with Crippen LogP contribution in [0.2, 0.25) is 0 Å². The summed E-state index contributed by atoms with van der Waals surface area (Å²) in [6.07, 6.45) is -0.0418. The Morgan fingerprint density at radius 2 is 2.00 bits per heavy atom. The van der Waals surface area contributed by atoms with Crippen molar-refractivity contribution in [3.8, 4) is 0 Å². The summed E-state index contributed by atoms with van der Waals surface area (Å²) in [6, 6.07) is 7.27. The topological polar surface area (TPSA) is 130 Å². The van der Waals surface area contributed by atoms with Gasteiger partial charge in [-0.15, -0.1) is 11.3 Å². The molecule has 0 saturated heterocycles. The van der Waals surface area contributed by atoms with Crippen LogP contribution >= 0.6 is 11.3 Å². The molecule has 0 aliphatic carbocycles. The minimum absolute atomic E-state index is 0.0418. The van der Waals surface area contributed by atoms with Gasteiger partial charge in [0.15, 0.2) is 18.0 Å². The summed E-state index contributed by atoms with van der Waals surface area (Å²) in [5.41, 5.74) is 7.84. The number of nitrogens with two attached hydrogens (primary N) is 1. The number of nitrogen functional groups attached to an aromatic ring is 1. The summed E-state index contributed by atoms with van der Waals surface area (Å²) in [6.45, 7) is 3.63. The Labute approximate surface area is 174 Å². The number of ether oxygens (including phenoxy) is 2. The van der Waals surface area contributed by atoms with Crippen LogP contribution in [-0.2, 0) is 27.3 Å². The Balaban J connectivity index is 1.49. The van der Waals surface area contributed by atoms with Crippen LogP contribution in [0.1, 0.15) is 33.7 Å². The van der Waals surface area contributed by atoms with Gasteiger partial charge < -0.3 is 19.7 Å². The quantitative estimate of drug-likeness (QED) is 0.462. The first-order chi connectivity index (χ1) is 14.5. The zero-order valence-electron chi connectivity index (χ0n) is 16.3. The number of hydrogen-bond acceptors (Lipinski definition) is 10. The summed E-state index contributed by atoms with van der Waals surface area (Å²) in [7, 11) is 0. The monoisotopic (exact) mass is 426 g/mol. The molecule has 1 aromatic carbocycles. The number of thiophene rings is 1. The lowest BCUT2D eigenvalue weighted by atomic mass is 10.2. The highest BCUT2D eigenvalue weighted by Crippen LogP contribution is 2.33. The number of nitrogens with zero attached hydrogens (tertiary/aromatic N) is 3. The number of fused-ring (bicyclic) bond motifs is 2. The lowest BCUT2D eigenvalue weighted by Gasteiger charge is -2.05. The maximum atomic E-state index is 12.2. The van der Waals surface area contributed by atoms with Crippen LogP contribution < -0.4 is 5.73 Å². The molecule has 0 fully saturated rings. The van der Waals surface area contributed by atoms with Crippen molar-refractivity contribution in [3.05, 3.63) is 46.2 Å². The minimum atomic E-state index is -0.495. The lowest BCUT2D eigenvalue weighted by molar-refractivity contribution is -0.144. The molecule has 0 atom stereocenters. The summed E-state index contributed by atoms with van der Waals surface area (Å²) < 4.78 is 15.5. The SMILES string of the molecule is CCOC(=O)c1sc2nc(COC(=O)Cc3noc4ccccc34)nc(N)c2c1C. The zero-order valence-corrected chi connectivity index (χ0v) is 17.1. The number of esters is 2. The summed E-state index contributed by atoms with van der Waals surface area (Å²) in [4.78, 5) is 33.9. The van der Waals surface area contributed by atoms with Gasteiger partial charge in [-0.2, -0.15) is 0 Å². The number of carbonyl (C=O) groups excluding carboxylic acids is 2. The molecule has 0 spiro atoms. The van der Waals surface area contributed by atoms with E-state index in [1.165, 1.54) is 11.3 Å². The predicted octanol–water partition coefficient (Wildman–Crippen LogP) is 3.19. The fourth-order valence-electron chi connectivity index (χ4n) is 3.07. The van der Waals surface area contributed by atoms with E-state index in [4.69, 9.17) is 19.7 Å². The third-order valence-corrected chi connectivity index (χ3v) is 5.62. The highest BCUT2D eigenvalue weighted by Gasteiger charge is 2.21. The molecule has 9 nitrogen and oxygen atoms in total. The predicted molar refractivity (Wildman–Crippen MR) is 110 cm³/mol. The molecule has 0 amide bonds. The second kappa shape index (κ2) is 8.07. The molecule has 0 bridgehead atoms. The first kappa shape index (κ1) is 19.8. The number of carbonyl (C=O) groups is 2. The standard InChI is InChI=1S/C20H18N4O5S/c1-3-27-20(26)17-10(2)16-18(21)22-14(23-19(16)30-17)9-28-15(25)8-12-11-6-4-5-7-13(11)29-24-12/h4-7H,3,8-9H2,1-2H3,(H2,21,22,23). The molecule has 0 aliphatic heterocycles. The average Bonchev–Trinajstić information content (AvgIpc) is 3.28. The van der Waals surface area contributed by atoms with Crippen molar-refractivity contribution in [1.82, 2.24) is 15.1 Å². The fraction of sp³-hybridized carbons (Fsp3) is 0.250. The summed E-state index contributed by atoms with van der Waals surface area (Å²) in [5.74, 6) is -0.455. The first-order valence-electron chi connectivity index (χ1n) is 9.19. The van der Waals surface area contributed by atoms with Crippen LogP contribution in [0.25, 0.3) is 21.2 Å². The van der Waals surface area contributed by atoms with E-state index in [1.807, 2.05) is 18.2 Å². The normalized spacial score (nSPS) is 11.1. The molecule has 0 saturated carbocycles. The highest BCUT2D eigenvalue weighted by atomic mass is 32.1. The van der Waals surface area contributed by atoms with Crippen molar-refractivity contribution < 1.29 is 23.6 Å². The van der Waals surface area contributed by atoms with E-state index in [0.29, 0.717) is 31.9 Å². The molecule has 10 heteroatoms. The van der Waals surface area contributed by atoms with Crippen LogP contribution in [0.4, 0.5) is 5.82 Å². The largest absolute Gasteiger partial charge is 0.462 e. The number of aryl methyl sites for hydroxylation is 1. The van der Waals surface area contributed by atoms with E-state index in [1.54, 1.807) is 19.9 Å². The molecule has 4 aromatic rings. The molecular formula is C20H18N4O5S. The van der Waals surface area contributed by atoms with Crippen molar-refractivity contribution in [2.45, 2.75) is 26.9 Å². The Bertz CT molecular complexity index is 1260. The van der Waals surface area contributed by atoms with Crippen LogP contribution in [0.15, 0.2) is 28.8 Å². The van der Waals surface area contributed by atoms with E-state index in [-0.39, 0.29) is 31.3 Å². The number of benzene rings is 1. The van der Waals surface area contributed by atoms with Gasteiger partial charge in [-0.1, -0.05) is 17.3 Å². The summed E-state index contributed by atoms with van der Waals surface area (Å²) in [5, 5.41) is 5.29. The zero-order chi connectivity index (χ0) is 21.3. The number of para-hydroxylation sites is 1. The van der Waals surface area contributed by atoms with Gasteiger partial charge in [-0.3, -0.25) is 4.79 Å². The van der Waals surface area contributed by atoms with Crippen LogP contribution in [0, 0.1) is 6.92 Å². The molecule has 0 radical (unpaired) electrons. The van der Waals surface area contributed by atoms with Crippen LogP contribution in [0.3, 0.4) is 0 Å². The Kier molecular flexibility index (Phi) is 5.32. The smallest absolute Gasteiger partial charge is 0.348 e. The van der Waals surface area contributed by atoms with Crippen molar-refractivity contribution in [1.29, 1.82) is 0 Å². The molecule has 2 N–H and O–H groups in total. The van der Waals surface area contributed by atoms with E-state index in [0.717, 1.165) is 5.39 Å². The molecule has 3 heterocycles. The van der Waals surface area contributed by atoms with Crippen molar-refractivity contribution in [2.75, 3.05) is 12.3 Å². The maximum absolute atomic E-state index is 12.2. The number of hydrogen-bond donors (Lipinski definition) is 1. The van der Waals surface area contributed by atoms with Gasteiger partial charge in [-0.05, 0) is 31.5 Å². The molecular weight excluding hydrogens is 408 g/mol. The summed E-state index contributed by atoms with van der Waals surface area (Å²) >= 11 is 1.17. The number of aromatic nitrogens is 3. The fourth-order valence-corrected chi connectivity index (χ4v) is 4.17. The Morgan fingerprint density at radius 1 is 1.20 bits per heavy atom. The number of anilines is 1. The van der Waals surface area contributed by atoms with Gasteiger partial charge in [-0.25, -0.2) is 14.8 Å². The molecule has 154 valence electrons. The number of rotatable bonds is 6. The van der Waals surface area contributed by atoms with E-state index in [9.17, 15) is 9.59 Å². The van der Waals surface area contributed by atoms with Crippen molar-refractivity contribution >= 4 is 50.3 Å². The van der Waals surface area contributed by atoms with Gasteiger partial charge in [0.2, 0.25) is 0 Å². The van der Waals surface area contributed by atoms with E-state index in [2.05, 4.69) is 15.1 Å². The molecule has 0 aliphatic rings. The molecule has 30 heavy (non-hydrogen) atoms. The van der Waals surface area contributed by atoms with Gasteiger partial charge in [0, 0.05) is 5.39 Å². The Morgan fingerprint density at radius 3 is 2.80 bits per heavy atom. The second-order valence-corrected chi connectivity index (χ2v) is 7.44. The van der Waals surface area contributed by atoms with Crippen LogP contribution in [-0.4, -0.2) is 33.7 Å². The van der Waals surface area contributed by atoms with E-state index < -0.39 is 11.9 Å². The highest BCUT2D eigenvalue weighted by molar-refractivity contribution is 7.20. The molecule has 3 aromatic heterocycles. The Hall–Kier alpha value is -3.53. The van der Waals surface area contributed by atoms with Gasteiger partial charge in [0.25, 0.3) is 0 Å². The van der Waals surface area contributed by atoms with E-state index >= 15 is 0 Å². The molecule has 4 rings (SSSR count). The average molecular weight is 426 g/mol. The third-order valence-electron chi connectivity index (χ3n) is 4.45. The maximum Gasteiger partial charge on any atom is 0.348 e. The van der Waals surface area contributed by atoms with Crippen molar-refractivity contribution in [2.24, 2.45) is 0 Å².